The van der Waals surface area contributed by atoms with Crippen LogP contribution in [0, 0.1) is 0 Å². The highest BCUT2D eigenvalue weighted by Crippen LogP contribution is 2.15. The van der Waals surface area contributed by atoms with Gasteiger partial charge in [0.15, 0.2) is 11.5 Å². The molecule has 21 heavy (non-hydrogen) atoms. The van der Waals surface area contributed by atoms with Crippen molar-refractivity contribution in [2.45, 2.75) is 6.92 Å². The van der Waals surface area contributed by atoms with Gasteiger partial charge in [0.05, 0.1) is 5.69 Å². The average molecular weight is 309 g/mol. The van der Waals surface area contributed by atoms with Gasteiger partial charge in [0.25, 0.3) is 5.56 Å². The molecular weight excluding hydrogens is 300 g/mol. The molecule has 0 aliphatic carbocycles. The number of nitrogens with one attached hydrogen (secondary N) is 1. The number of carboxylic acid groups (broad SMARTS) is 1. The van der Waals surface area contributed by atoms with Gasteiger partial charge in [-0.25, -0.2) is 9.59 Å². The first-order valence-electron chi connectivity index (χ1n) is 5.72. The number of rotatable bonds is 3. The lowest BCUT2D eigenvalue weighted by molar-refractivity contribution is 0.0681. The van der Waals surface area contributed by atoms with Crippen LogP contribution in [-0.2, 0) is 0 Å². The molecule has 0 bridgehead atoms. The summed E-state index contributed by atoms with van der Waals surface area (Å²) in [5, 5.41) is 9.66. The molecule has 7 nitrogen and oxygen atoms in total. The van der Waals surface area contributed by atoms with Crippen molar-refractivity contribution in [3.8, 4) is 5.69 Å². The number of carboxylic acids is 1. The summed E-state index contributed by atoms with van der Waals surface area (Å²) in [6.07, 6.45) is 0. The van der Waals surface area contributed by atoms with Gasteiger partial charge in [-0.2, -0.15) is 0 Å². The summed E-state index contributed by atoms with van der Waals surface area (Å²) in [5.41, 5.74) is -3.09. The number of H-pyrrole nitrogens is 1. The zero-order valence-corrected chi connectivity index (χ0v) is 11.5. The van der Waals surface area contributed by atoms with Crippen molar-refractivity contribution in [3.63, 3.8) is 0 Å². The third-order valence-corrected chi connectivity index (χ3v) is 3.00. The van der Waals surface area contributed by atoms with Gasteiger partial charge in [-0.1, -0.05) is 11.6 Å². The SMILES string of the molecule is CC(=O)c1c(C(=O)O)n(-c2ccc(Cl)cc2)c(=O)[nH]c1=O. The van der Waals surface area contributed by atoms with E-state index in [2.05, 4.69) is 0 Å². The van der Waals surface area contributed by atoms with E-state index in [1.807, 2.05) is 4.98 Å². The zero-order chi connectivity index (χ0) is 15.7. The first-order valence-corrected chi connectivity index (χ1v) is 6.10. The van der Waals surface area contributed by atoms with Gasteiger partial charge in [-0.05, 0) is 31.2 Å². The fourth-order valence-corrected chi connectivity index (χ4v) is 2.03. The number of carbonyl (C=O) groups is 2. The summed E-state index contributed by atoms with van der Waals surface area (Å²) in [7, 11) is 0. The van der Waals surface area contributed by atoms with Gasteiger partial charge < -0.3 is 5.11 Å². The van der Waals surface area contributed by atoms with E-state index in [1.165, 1.54) is 24.3 Å². The number of aromatic nitrogens is 2. The summed E-state index contributed by atoms with van der Waals surface area (Å²) >= 11 is 5.73. The fourth-order valence-electron chi connectivity index (χ4n) is 1.90. The van der Waals surface area contributed by atoms with Crippen molar-refractivity contribution in [1.82, 2.24) is 9.55 Å². The molecule has 0 aliphatic rings. The molecule has 0 radical (unpaired) electrons. The largest absolute Gasteiger partial charge is 0.477 e. The topological polar surface area (TPSA) is 109 Å². The quantitative estimate of drug-likeness (QED) is 0.825. The molecule has 0 saturated heterocycles. The van der Waals surface area contributed by atoms with Crippen LogP contribution in [0.4, 0.5) is 0 Å². The van der Waals surface area contributed by atoms with Crippen molar-refractivity contribution in [1.29, 1.82) is 0 Å². The number of carbonyl (C=O) groups excluding carboxylic acids is 1. The van der Waals surface area contributed by atoms with Crippen LogP contribution in [0.3, 0.4) is 0 Å². The molecule has 1 aromatic heterocycles. The molecule has 0 atom stereocenters. The maximum absolute atomic E-state index is 11.9. The van der Waals surface area contributed by atoms with Gasteiger partial charge in [-0.15, -0.1) is 0 Å². The molecule has 2 N–H and O–H groups in total. The summed E-state index contributed by atoms with van der Waals surface area (Å²) < 4.78 is 0.747. The first kappa shape index (κ1) is 14.7. The van der Waals surface area contributed by atoms with E-state index in [-0.39, 0.29) is 5.69 Å². The molecule has 0 amide bonds. The Morgan fingerprint density at radius 1 is 1.19 bits per heavy atom. The second-order valence-corrected chi connectivity index (χ2v) is 4.59. The molecule has 2 aromatic rings. The van der Waals surface area contributed by atoms with E-state index in [0.717, 1.165) is 11.5 Å². The summed E-state index contributed by atoms with van der Waals surface area (Å²) in [6, 6.07) is 5.71. The predicted molar refractivity (Wildman–Crippen MR) is 74.6 cm³/mol. The number of benzene rings is 1. The Labute approximate surface area is 122 Å². The van der Waals surface area contributed by atoms with Crippen molar-refractivity contribution >= 4 is 23.4 Å². The highest BCUT2D eigenvalue weighted by atomic mass is 35.5. The fraction of sp³-hybridized carbons (Fsp3) is 0.0769. The number of aromatic amines is 1. The highest BCUT2D eigenvalue weighted by molar-refractivity contribution is 6.30. The van der Waals surface area contributed by atoms with Gasteiger partial charge in [-0.3, -0.25) is 19.1 Å². The number of aromatic carboxylic acids is 1. The first-order chi connectivity index (χ1) is 9.82. The Morgan fingerprint density at radius 2 is 1.76 bits per heavy atom. The van der Waals surface area contributed by atoms with Crippen LogP contribution in [0.1, 0.15) is 27.8 Å². The van der Waals surface area contributed by atoms with Gasteiger partial charge >= 0.3 is 11.7 Å². The minimum absolute atomic E-state index is 0.167. The van der Waals surface area contributed by atoms with Crippen LogP contribution in [0.2, 0.25) is 5.02 Å². The smallest absolute Gasteiger partial charge is 0.354 e. The molecule has 1 heterocycles. The molecular formula is C13H9ClN2O5. The van der Waals surface area contributed by atoms with Crippen molar-refractivity contribution in [2.75, 3.05) is 0 Å². The van der Waals surface area contributed by atoms with Gasteiger partial charge in [0, 0.05) is 5.02 Å². The molecule has 108 valence electrons. The Balaban J connectivity index is 2.94. The third-order valence-electron chi connectivity index (χ3n) is 2.75. The molecule has 0 fully saturated rings. The molecule has 1 aromatic carbocycles. The second kappa shape index (κ2) is 5.37. The Bertz CT molecular complexity index is 848. The monoisotopic (exact) mass is 308 g/mol. The number of halogens is 1. The van der Waals surface area contributed by atoms with Crippen LogP contribution in [0.15, 0.2) is 33.9 Å². The molecule has 0 aliphatic heterocycles. The highest BCUT2D eigenvalue weighted by Gasteiger charge is 2.24. The lowest BCUT2D eigenvalue weighted by atomic mass is 10.1. The van der Waals surface area contributed by atoms with Crippen molar-refractivity contribution in [2.24, 2.45) is 0 Å². The van der Waals surface area contributed by atoms with Crippen LogP contribution in [0.5, 0.6) is 0 Å². The van der Waals surface area contributed by atoms with E-state index < -0.39 is 34.3 Å². The van der Waals surface area contributed by atoms with E-state index in [4.69, 9.17) is 11.6 Å². The van der Waals surface area contributed by atoms with E-state index in [1.54, 1.807) is 0 Å². The number of hydrogen-bond donors (Lipinski definition) is 2. The normalized spacial score (nSPS) is 10.4. The van der Waals surface area contributed by atoms with Crippen LogP contribution < -0.4 is 11.2 Å². The minimum Gasteiger partial charge on any atom is -0.477 e. The predicted octanol–water partition coefficient (Wildman–Crippen LogP) is 1.08. The second-order valence-electron chi connectivity index (χ2n) is 4.16. The number of nitrogens with zero attached hydrogens (tertiary/aromatic N) is 1. The third kappa shape index (κ3) is 2.63. The Kier molecular flexibility index (Phi) is 3.77. The van der Waals surface area contributed by atoms with Crippen LogP contribution in [-0.4, -0.2) is 26.4 Å². The van der Waals surface area contributed by atoms with Gasteiger partial charge in [0.1, 0.15) is 5.56 Å². The maximum atomic E-state index is 11.9. The summed E-state index contributed by atoms with van der Waals surface area (Å²) in [5.74, 6) is -2.31. The molecule has 0 saturated carbocycles. The average Bonchev–Trinajstić information content (AvgIpc) is 2.38. The molecule has 0 unspecified atom stereocenters. The number of ketones is 1. The molecule has 0 spiro atoms. The van der Waals surface area contributed by atoms with Crippen molar-refractivity contribution < 1.29 is 14.7 Å². The molecule has 2 rings (SSSR count). The van der Waals surface area contributed by atoms with Crippen molar-refractivity contribution in [3.05, 3.63) is 61.4 Å². The molecule has 8 heteroatoms. The maximum Gasteiger partial charge on any atom is 0.354 e. The van der Waals surface area contributed by atoms with E-state index in [0.29, 0.717) is 5.02 Å². The van der Waals surface area contributed by atoms with Gasteiger partial charge in [0.2, 0.25) is 0 Å². The van der Waals surface area contributed by atoms with Crippen LogP contribution >= 0.6 is 11.6 Å². The minimum atomic E-state index is -1.56. The Hall–Kier alpha value is -2.67. The van der Waals surface area contributed by atoms with Crippen LogP contribution in [0.25, 0.3) is 5.69 Å². The lowest BCUT2D eigenvalue weighted by Crippen LogP contribution is -2.37. The van der Waals surface area contributed by atoms with E-state index in [9.17, 15) is 24.3 Å². The van der Waals surface area contributed by atoms with E-state index >= 15 is 0 Å². The summed E-state index contributed by atoms with van der Waals surface area (Å²) in [6.45, 7) is 1.05. The number of hydrogen-bond acceptors (Lipinski definition) is 4. The summed E-state index contributed by atoms with van der Waals surface area (Å²) in [4.78, 5) is 48.4. The lowest BCUT2D eigenvalue weighted by Gasteiger charge is -2.11. The number of Topliss-reactive ketones (excluding diaryl/α,β-unsaturated/α-hetero) is 1. The standard InChI is InChI=1S/C13H9ClN2O5/c1-6(17)9-10(12(19)20)16(13(21)15-11(9)18)8-4-2-7(14)3-5-8/h2-5H,1H3,(H,19,20)(H,15,18,21). The zero-order valence-electron chi connectivity index (χ0n) is 10.7. The Morgan fingerprint density at radius 3 is 2.24 bits per heavy atom.